The molecule has 2 aromatic heterocycles. The number of rotatable bonds is 5. The number of aromatic nitrogens is 5. The van der Waals surface area contributed by atoms with Crippen LogP contribution >= 0.6 is 0 Å². The Kier molecular flexibility index (Phi) is 10.9. The minimum Gasteiger partial charge on any atom is -0.475 e. The van der Waals surface area contributed by atoms with Gasteiger partial charge >= 0.3 is 24.3 Å². The monoisotopic (exact) mass is 567 g/mol. The number of carboxylic acids is 2. The highest BCUT2D eigenvalue weighted by molar-refractivity contribution is 5.73. The van der Waals surface area contributed by atoms with Crippen LogP contribution in [0.1, 0.15) is 30.5 Å². The number of hydrogen-bond acceptors (Lipinski definition) is 9. The molecular weight excluding hydrogens is 544 g/mol. The van der Waals surface area contributed by atoms with Gasteiger partial charge in [0.2, 0.25) is 11.7 Å². The van der Waals surface area contributed by atoms with Crippen LogP contribution in [0, 0.1) is 0 Å². The van der Waals surface area contributed by atoms with E-state index >= 15 is 0 Å². The number of alkyl halides is 6. The lowest BCUT2D eigenvalue weighted by Gasteiger charge is -2.30. The maximum Gasteiger partial charge on any atom is 0.490 e. The fraction of sp³-hybridized carbons (Fsp3) is 0.429. The van der Waals surface area contributed by atoms with Crippen molar-refractivity contribution in [2.45, 2.75) is 44.3 Å². The third kappa shape index (κ3) is 10.3. The van der Waals surface area contributed by atoms with Crippen molar-refractivity contribution in [2.75, 3.05) is 13.1 Å². The fourth-order valence-corrected chi connectivity index (χ4v) is 3.14. The van der Waals surface area contributed by atoms with Crippen molar-refractivity contribution in [2.24, 2.45) is 5.73 Å². The zero-order valence-corrected chi connectivity index (χ0v) is 19.9. The Hall–Kier alpha value is -4.06. The van der Waals surface area contributed by atoms with E-state index in [1.54, 1.807) is 0 Å². The van der Waals surface area contributed by atoms with Crippen molar-refractivity contribution < 1.29 is 50.7 Å². The molecule has 1 aliphatic rings. The van der Waals surface area contributed by atoms with E-state index < -0.39 is 24.3 Å². The number of halogens is 6. The summed E-state index contributed by atoms with van der Waals surface area (Å²) in [5.74, 6) is -4.22. The number of nitrogens with two attached hydrogens (primary N) is 1. The third-order valence-corrected chi connectivity index (χ3v) is 5.04. The molecule has 18 heteroatoms. The zero-order chi connectivity index (χ0) is 29.2. The molecule has 3 aromatic rings. The van der Waals surface area contributed by atoms with Crippen molar-refractivity contribution in [1.29, 1.82) is 0 Å². The number of piperidine rings is 1. The molecule has 214 valence electrons. The number of aliphatic carboxylic acids is 2. The largest absolute Gasteiger partial charge is 0.490 e. The first-order chi connectivity index (χ1) is 18.2. The van der Waals surface area contributed by atoms with Crippen LogP contribution in [0.15, 0.2) is 41.1 Å². The van der Waals surface area contributed by atoms with E-state index in [4.69, 9.17) is 30.1 Å². The molecule has 0 saturated carbocycles. The summed E-state index contributed by atoms with van der Waals surface area (Å²) in [7, 11) is 0. The Morgan fingerprint density at radius 3 is 2.00 bits per heavy atom. The smallest absolute Gasteiger partial charge is 0.475 e. The van der Waals surface area contributed by atoms with Crippen LogP contribution in [0.25, 0.3) is 11.4 Å². The summed E-state index contributed by atoms with van der Waals surface area (Å²) in [5.41, 5.74) is 7.40. The lowest BCUT2D eigenvalue weighted by Crippen LogP contribution is -2.34. The van der Waals surface area contributed by atoms with Gasteiger partial charge in [-0.3, -0.25) is 4.90 Å². The van der Waals surface area contributed by atoms with Gasteiger partial charge in [-0.1, -0.05) is 40.7 Å². The van der Waals surface area contributed by atoms with Gasteiger partial charge in [0, 0.05) is 25.2 Å². The molecule has 1 fully saturated rings. The highest BCUT2D eigenvalue weighted by Crippen LogP contribution is 2.23. The molecular formula is C21H23F6N7O5. The molecule has 0 bridgehead atoms. The molecule has 4 rings (SSSR count). The molecule has 12 nitrogen and oxygen atoms in total. The van der Waals surface area contributed by atoms with Gasteiger partial charge in [0.1, 0.15) is 0 Å². The van der Waals surface area contributed by atoms with E-state index in [0.29, 0.717) is 30.8 Å². The Morgan fingerprint density at radius 2 is 1.54 bits per heavy atom. The van der Waals surface area contributed by atoms with Gasteiger partial charge in [0.05, 0.1) is 24.5 Å². The summed E-state index contributed by atoms with van der Waals surface area (Å²) in [6.45, 7) is 3.04. The van der Waals surface area contributed by atoms with Gasteiger partial charge in [-0.25, -0.2) is 14.3 Å². The standard InChI is InChI=1S/C17H21N7O.2C2HF3O2/c18-10-14-11-24(22-20-14)15-6-8-23(9-7-15)12-16-19-17(21-25-16)13-4-2-1-3-5-13;2*3-2(4,5)1(6)7/h1-5,11,15H,6-10,12,18H2;2*(H,6,7). The van der Waals surface area contributed by atoms with Crippen LogP contribution in [-0.2, 0) is 22.7 Å². The molecule has 39 heavy (non-hydrogen) atoms. The average molecular weight is 567 g/mol. The van der Waals surface area contributed by atoms with Gasteiger partial charge in [-0.15, -0.1) is 5.10 Å². The van der Waals surface area contributed by atoms with E-state index in [9.17, 15) is 26.3 Å². The lowest BCUT2D eigenvalue weighted by atomic mass is 10.1. The van der Waals surface area contributed by atoms with Crippen molar-refractivity contribution in [1.82, 2.24) is 30.0 Å². The van der Waals surface area contributed by atoms with E-state index in [2.05, 4.69) is 25.4 Å². The Balaban J connectivity index is 0.000000317. The molecule has 1 saturated heterocycles. The molecule has 0 amide bonds. The predicted molar refractivity (Wildman–Crippen MR) is 119 cm³/mol. The number of carboxylic acid groups (broad SMARTS) is 2. The van der Waals surface area contributed by atoms with E-state index in [1.165, 1.54) is 0 Å². The number of likely N-dealkylation sites (tertiary alicyclic amines) is 1. The topological polar surface area (TPSA) is 173 Å². The minimum absolute atomic E-state index is 0.381. The Labute approximate surface area is 216 Å². The van der Waals surface area contributed by atoms with Crippen LogP contribution in [-0.4, -0.2) is 77.6 Å². The molecule has 0 radical (unpaired) electrons. The SMILES string of the molecule is NCc1cn(C2CCN(Cc3nc(-c4ccccc4)no3)CC2)nn1.O=C(O)C(F)(F)F.O=C(O)C(F)(F)F. The van der Waals surface area contributed by atoms with Gasteiger partial charge in [-0.05, 0) is 12.8 Å². The van der Waals surface area contributed by atoms with Gasteiger partial charge in [0.15, 0.2) is 0 Å². The second kappa shape index (κ2) is 13.7. The quantitative estimate of drug-likeness (QED) is 0.387. The normalized spacial score (nSPS) is 14.5. The summed E-state index contributed by atoms with van der Waals surface area (Å²) >= 11 is 0. The molecule has 3 heterocycles. The Morgan fingerprint density at radius 1 is 1.00 bits per heavy atom. The second-order valence-corrected chi connectivity index (χ2v) is 7.88. The maximum absolute atomic E-state index is 10.6. The van der Waals surface area contributed by atoms with Gasteiger partial charge in [-0.2, -0.15) is 31.3 Å². The molecule has 1 aromatic carbocycles. The van der Waals surface area contributed by atoms with Crippen molar-refractivity contribution in [3.63, 3.8) is 0 Å². The van der Waals surface area contributed by atoms with Crippen molar-refractivity contribution in [3.05, 3.63) is 48.1 Å². The van der Waals surface area contributed by atoms with E-state index in [0.717, 1.165) is 37.2 Å². The van der Waals surface area contributed by atoms with Crippen LogP contribution in [0.3, 0.4) is 0 Å². The average Bonchev–Trinajstić information content (AvgIpc) is 3.55. The number of benzene rings is 1. The minimum atomic E-state index is -5.08. The molecule has 0 aliphatic carbocycles. The lowest BCUT2D eigenvalue weighted by molar-refractivity contribution is -0.193. The van der Waals surface area contributed by atoms with Crippen LogP contribution in [0.2, 0.25) is 0 Å². The number of carbonyl (C=O) groups is 2. The Bertz CT molecular complexity index is 1170. The number of hydrogen-bond donors (Lipinski definition) is 3. The summed E-state index contributed by atoms with van der Waals surface area (Å²) in [6.07, 6.45) is -6.18. The molecule has 0 spiro atoms. The van der Waals surface area contributed by atoms with Crippen LogP contribution < -0.4 is 5.73 Å². The molecule has 4 N–H and O–H groups in total. The first-order valence-electron chi connectivity index (χ1n) is 11.0. The first kappa shape index (κ1) is 31.2. The van der Waals surface area contributed by atoms with E-state index in [-0.39, 0.29) is 0 Å². The molecule has 0 unspecified atom stereocenters. The fourth-order valence-electron chi connectivity index (χ4n) is 3.14. The molecule has 1 aliphatic heterocycles. The van der Waals surface area contributed by atoms with Crippen molar-refractivity contribution in [3.8, 4) is 11.4 Å². The number of nitrogens with zero attached hydrogens (tertiary/aromatic N) is 6. The van der Waals surface area contributed by atoms with Gasteiger partial charge < -0.3 is 20.5 Å². The predicted octanol–water partition coefficient (Wildman–Crippen LogP) is 2.89. The second-order valence-electron chi connectivity index (χ2n) is 7.88. The highest BCUT2D eigenvalue weighted by Gasteiger charge is 2.38. The summed E-state index contributed by atoms with van der Waals surface area (Å²) < 4.78 is 70.8. The summed E-state index contributed by atoms with van der Waals surface area (Å²) in [4.78, 5) is 24.6. The third-order valence-electron chi connectivity index (χ3n) is 5.04. The highest BCUT2D eigenvalue weighted by atomic mass is 19.4. The first-order valence-corrected chi connectivity index (χ1v) is 11.0. The van der Waals surface area contributed by atoms with E-state index in [1.807, 2.05) is 41.2 Å². The summed E-state index contributed by atoms with van der Waals surface area (Å²) in [6, 6.07) is 10.3. The van der Waals surface area contributed by atoms with Crippen LogP contribution in [0.5, 0.6) is 0 Å². The van der Waals surface area contributed by atoms with Crippen molar-refractivity contribution >= 4 is 11.9 Å². The van der Waals surface area contributed by atoms with Gasteiger partial charge in [0.25, 0.3) is 0 Å². The van der Waals surface area contributed by atoms with Crippen LogP contribution in [0.4, 0.5) is 26.3 Å². The maximum atomic E-state index is 10.6. The summed E-state index contributed by atoms with van der Waals surface area (Å²) in [5, 5.41) is 26.6. The molecule has 0 atom stereocenters. The zero-order valence-electron chi connectivity index (χ0n) is 19.9.